The fourth-order valence-electron chi connectivity index (χ4n) is 3.57. The van der Waals surface area contributed by atoms with E-state index in [4.69, 9.17) is 0 Å². The molecular weight excluding hydrogens is 360 g/mol. The van der Waals surface area contributed by atoms with E-state index in [0.29, 0.717) is 5.95 Å². The van der Waals surface area contributed by atoms with Gasteiger partial charge >= 0.3 is 0 Å². The maximum Gasteiger partial charge on any atom is 0.249 e. The van der Waals surface area contributed by atoms with Gasteiger partial charge in [-0.15, -0.1) is 5.10 Å². The van der Waals surface area contributed by atoms with Crippen molar-refractivity contribution in [1.82, 2.24) is 15.2 Å². The van der Waals surface area contributed by atoms with E-state index in [1.807, 2.05) is 6.07 Å². The molecule has 1 aliphatic heterocycles. The van der Waals surface area contributed by atoms with Crippen molar-refractivity contribution in [1.29, 1.82) is 0 Å². The largest absolute Gasteiger partial charge is 0.372 e. The minimum absolute atomic E-state index is 0.495. The molecule has 4 rings (SSSR count). The lowest BCUT2D eigenvalue weighted by atomic mass is 9.99. The van der Waals surface area contributed by atoms with Crippen LogP contribution in [0.3, 0.4) is 0 Å². The summed E-state index contributed by atoms with van der Waals surface area (Å²) in [6.07, 6.45) is 5.12. The molecule has 0 saturated carbocycles. The Morgan fingerprint density at radius 3 is 2.52 bits per heavy atom. The van der Waals surface area contributed by atoms with Crippen LogP contribution in [0.5, 0.6) is 0 Å². The summed E-state index contributed by atoms with van der Waals surface area (Å²) in [5, 5.41) is 14.7. The van der Waals surface area contributed by atoms with Crippen molar-refractivity contribution in [3.05, 3.63) is 66.4 Å². The standard InChI is InChI=1S/C23H28N6/c1-18-12-15-29(16-13-18)21-9-7-20(8-10-21)26-23-27-22(17-25-28-23)24-14-11-19-5-3-2-4-6-19/h2-10,17-18H,11-16H2,1H3,(H2,24,26,27,28). The van der Waals surface area contributed by atoms with Crippen molar-refractivity contribution in [2.24, 2.45) is 5.92 Å². The summed E-state index contributed by atoms with van der Waals surface area (Å²) in [5.41, 5.74) is 3.53. The first kappa shape index (κ1) is 19.2. The van der Waals surface area contributed by atoms with Gasteiger partial charge < -0.3 is 15.5 Å². The molecule has 2 N–H and O–H groups in total. The van der Waals surface area contributed by atoms with Gasteiger partial charge in [0.15, 0.2) is 5.82 Å². The molecule has 0 radical (unpaired) electrons. The van der Waals surface area contributed by atoms with Crippen LogP contribution in [0.4, 0.5) is 23.1 Å². The highest BCUT2D eigenvalue weighted by molar-refractivity contribution is 5.59. The Bertz CT molecular complexity index is 889. The zero-order valence-corrected chi connectivity index (χ0v) is 16.9. The van der Waals surface area contributed by atoms with Gasteiger partial charge in [-0.1, -0.05) is 37.3 Å². The maximum atomic E-state index is 4.51. The molecule has 0 aliphatic carbocycles. The van der Waals surface area contributed by atoms with Crippen LogP contribution in [-0.2, 0) is 6.42 Å². The summed E-state index contributed by atoms with van der Waals surface area (Å²) in [4.78, 5) is 6.97. The smallest absolute Gasteiger partial charge is 0.249 e. The van der Waals surface area contributed by atoms with Gasteiger partial charge in [0.05, 0.1) is 6.20 Å². The van der Waals surface area contributed by atoms with Crippen molar-refractivity contribution >= 4 is 23.1 Å². The lowest BCUT2D eigenvalue weighted by Gasteiger charge is -2.32. The third-order valence-corrected chi connectivity index (χ3v) is 5.39. The zero-order valence-electron chi connectivity index (χ0n) is 16.9. The predicted molar refractivity (Wildman–Crippen MR) is 119 cm³/mol. The fourth-order valence-corrected chi connectivity index (χ4v) is 3.57. The average Bonchev–Trinajstić information content (AvgIpc) is 2.76. The molecule has 150 valence electrons. The summed E-state index contributed by atoms with van der Waals surface area (Å²) < 4.78 is 0. The van der Waals surface area contributed by atoms with E-state index in [1.54, 1.807) is 6.20 Å². The van der Waals surface area contributed by atoms with Gasteiger partial charge in [-0.05, 0) is 55.0 Å². The average molecular weight is 389 g/mol. The monoisotopic (exact) mass is 388 g/mol. The number of anilines is 4. The Kier molecular flexibility index (Phi) is 6.19. The molecule has 0 atom stereocenters. The van der Waals surface area contributed by atoms with Crippen molar-refractivity contribution in [3.63, 3.8) is 0 Å². The number of hydrogen-bond acceptors (Lipinski definition) is 6. The number of piperidine rings is 1. The van der Waals surface area contributed by atoms with Gasteiger partial charge in [0.2, 0.25) is 5.95 Å². The third-order valence-electron chi connectivity index (χ3n) is 5.39. The Labute approximate surface area is 172 Å². The SMILES string of the molecule is CC1CCN(c2ccc(Nc3nncc(NCCc4ccccc4)n3)cc2)CC1. The first-order valence-corrected chi connectivity index (χ1v) is 10.4. The molecule has 1 aliphatic rings. The molecule has 0 amide bonds. The molecule has 0 unspecified atom stereocenters. The van der Waals surface area contributed by atoms with Gasteiger partial charge in [0.25, 0.3) is 0 Å². The molecule has 1 aromatic heterocycles. The van der Waals surface area contributed by atoms with E-state index in [-0.39, 0.29) is 0 Å². The second kappa shape index (κ2) is 9.37. The van der Waals surface area contributed by atoms with E-state index in [9.17, 15) is 0 Å². The third kappa shape index (κ3) is 5.44. The normalized spacial score (nSPS) is 14.6. The molecule has 29 heavy (non-hydrogen) atoms. The summed E-state index contributed by atoms with van der Waals surface area (Å²) in [5.74, 6) is 2.05. The molecule has 6 nitrogen and oxygen atoms in total. The second-order valence-corrected chi connectivity index (χ2v) is 7.67. The summed E-state index contributed by atoms with van der Waals surface area (Å²) in [6.45, 7) is 5.41. The Morgan fingerprint density at radius 2 is 1.76 bits per heavy atom. The molecular formula is C23H28N6. The first-order chi connectivity index (χ1) is 14.3. The molecule has 3 aromatic rings. The summed E-state index contributed by atoms with van der Waals surface area (Å²) >= 11 is 0. The van der Waals surface area contributed by atoms with Gasteiger partial charge in [-0.3, -0.25) is 0 Å². The van der Waals surface area contributed by atoms with Crippen LogP contribution in [0.15, 0.2) is 60.8 Å². The van der Waals surface area contributed by atoms with Gasteiger partial charge in [0, 0.05) is 31.0 Å². The Balaban J connectivity index is 1.31. The topological polar surface area (TPSA) is 66.0 Å². The number of rotatable bonds is 7. The van der Waals surface area contributed by atoms with Crippen molar-refractivity contribution in [3.8, 4) is 0 Å². The van der Waals surface area contributed by atoms with E-state index in [1.165, 1.54) is 24.1 Å². The summed E-state index contributed by atoms with van der Waals surface area (Å²) in [7, 11) is 0. The predicted octanol–water partition coefficient (Wildman–Crippen LogP) is 4.51. The van der Waals surface area contributed by atoms with Gasteiger partial charge in [-0.2, -0.15) is 10.1 Å². The lowest BCUT2D eigenvalue weighted by molar-refractivity contribution is 0.438. The highest BCUT2D eigenvalue weighted by Gasteiger charge is 2.15. The van der Waals surface area contributed by atoms with Crippen molar-refractivity contribution in [2.45, 2.75) is 26.2 Å². The molecule has 1 saturated heterocycles. The lowest BCUT2D eigenvalue weighted by Crippen LogP contribution is -2.32. The Morgan fingerprint density at radius 1 is 1.00 bits per heavy atom. The number of benzene rings is 2. The van der Waals surface area contributed by atoms with E-state index in [0.717, 1.165) is 43.5 Å². The minimum Gasteiger partial charge on any atom is -0.372 e. The molecule has 2 heterocycles. The second-order valence-electron chi connectivity index (χ2n) is 7.67. The minimum atomic E-state index is 0.495. The van der Waals surface area contributed by atoms with Crippen molar-refractivity contribution in [2.75, 3.05) is 35.2 Å². The van der Waals surface area contributed by atoms with Crippen LogP contribution >= 0.6 is 0 Å². The van der Waals surface area contributed by atoms with Crippen LogP contribution < -0.4 is 15.5 Å². The van der Waals surface area contributed by atoms with Crippen LogP contribution in [0.25, 0.3) is 0 Å². The van der Waals surface area contributed by atoms with Crippen LogP contribution in [0, 0.1) is 5.92 Å². The Hall–Kier alpha value is -3.15. The van der Waals surface area contributed by atoms with E-state index in [2.05, 4.69) is 86.2 Å². The molecule has 0 spiro atoms. The van der Waals surface area contributed by atoms with E-state index >= 15 is 0 Å². The van der Waals surface area contributed by atoms with E-state index < -0.39 is 0 Å². The quantitative estimate of drug-likeness (QED) is 0.621. The molecule has 6 heteroatoms. The number of aromatic nitrogens is 3. The highest BCUT2D eigenvalue weighted by atomic mass is 15.3. The van der Waals surface area contributed by atoms with Crippen LogP contribution in [0.1, 0.15) is 25.3 Å². The van der Waals surface area contributed by atoms with Gasteiger partial charge in [-0.25, -0.2) is 0 Å². The maximum absolute atomic E-state index is 4.51. The summed E-state index contributed by atoms with van der Waals surface area (Å²) in [6, 6.07) is 18.9. The molecule has 1 fully saturated rings. The molecule has 2 aromatic carbocycles. The molecule has 0 bridgehead atoms. The number of hydrogen-bond donors (Lipinski definition) is 2. The van der Waals surface area contributed by atoms with Crippen LogP contribution in [0.2, 0.25) is 0 Å². The zero-order chi connectivity index (χ0) is 19.9. The number of nitrogens with zero attached hydrogens (tertiary/aromatic N) is 4. The van der Waals surface area contributed by atoms with Gasteiger partial charge in [0.1, 0.15) is 0 Å². The van der Waals surface area contributed by atoms with Crippen LogP contribution in [-0.4, -0.2) is 34.8 Å². The number of nitrogens with one attached hydrogen (secondary N) is 2. The first-order valence-electron chi connectivity index (χ1n) is 10.4. The highest BCUT2D eigenvalue weighted by Crippen LogP contribution is 2.25. The fraction of sp³-hybridized carbons (Fsp3) is 0.348. The van der Waals surface area contributed by atoms with Crippen molar-refractivity contribution < 1.29 is 0 Å².